The number of halogens is 4. The van der Waals surface area contributed by atoms with Gasteiger partial charge in [0.05, 0.1) is 0 Å². The van der Waals surface area contributed by atoms with Crippen LogP contribution in [-0.2, 0) is 0 Å². The molecular weight excluding hydrogens is 1490 g/mol. The summed E-state index contributed by atoms with van der Waals surface area (Å²) in [5.41, 5.74) is 14.2. The minimum Gasteiger partial charge on any atom is -0.208 e. The molecule has 0 saturated carbocycles. The van der Waals surface area contributed by atoms with Gasteiger partial charge in [0.25, 0.3) is 0 Å². The van der Waals surface area contributed by atoms with Crippen molar-refractivity contribution in [2.24, 2.45) is 0 Å². The van der Waals surface area contributed by atoms with Crippen molar-refractivity contribution in [1.82, 2.24) is 59.8 Å². The summed E-state index contributed by atoms with van der Waals surface area (Å²) in [6, 6.07) is 127. The smallest absolute Gasteiger partial charge is 0.208 e. The Kier molecular flexibility index (Phi) is 21.5. The molecule has 0 aliphatic heterocycles. The van der Waals surface area contributed by atoms with Gasteiger partial charge in [0.1, 0.15) is 0 Å². The van der Waals surface area contributed by atoms with E-state index in [-0.39, 0.29) is 21.1 Å². The fourth-order valence-electron chi connectivity index (χ4n) is 13.7. The van der Waals surface area contributed by atoms with Crippen molar-refractivity contribution >= 4 is 100 Å². The van der Waals surface area contributed by atoms with Crippen molar-refractivity contribution < 1.29 is 0 Å². The zero-order chi connectivity index (χ0) is 77.1. The third-order valence-corrected chi connectivity index (χ3v) is 20.0. The molecule has 0 N–H and O–H groups in total. The molecule has 542 valence electrons. The largest absolute Gasteiger partial charge is 0.226 e. The summed E-state index contributed by atoms with van der Waals surface area (Å²) in [6.07, 6.45) is 0. The van der Waals surface area contributed by atoms with Crippen molar-refractivity contribution in [2.45, 2.75) is 0 Å². The summed E-state index contributed by atoms with van der Waals surface area (Å²) in [6.45, 7) is 0. The summed E-state index contributed by atoms with van der Waals surface area (Å²) in [5, 5.41) is 12.0. The number of hydrogen-bond acceptors (Lipinski definition) is 12. The highest BCUT2D eigenvalue weighted by Gasteiger charge is 2.19. The van der Waals surface area contributed by atoms with Gasteiger partial charge >= 0.3 is 0 Å². The molecule has 4 heterocycles. The van der Waals surface area contributed by atoms with Crippen LogP contribution in [0.15, 0.2) is 376 Å². The van der Waals surface area contributed by atoms with Crippen LogP contribution in [0.5, 0.6) is 0 Å². The molecule has 0 unspecified atom stereocenters. The molecule has 16 heteroatoms. The first-order valence-electron chi connectivity index (χ1n) is 36.7. The van der Waals surface area contributed by atoms with Gasteiger partial charge in [-0.25, -0.2) is 19.9 Å². The van der Waals surface area contributed by atoms with Crippen molar-refractivity contribution in [3.8, 4) is 124 Å². The highest BCUT2D eigenvalue weighted by atomic mass is 35.5. The van der Waals surface area contributed by atoms with Gasteiger partial charge in [0.2, 0.25) is 21.1 Å². The number of fused-ring (bicyclic) bond motifs is 5. The second-order valence-corrected chi connectivity index (χ2v) is 27.9. The second-order valence-electron chi connectivity index (χ2n) is 26.5. The van der Waals surface area contributed by atoms with E-state index >= 15 is 0 Å². The number of benzene rings is 16. The Morgan fingerprint density at radius 1 is 0.132 bits per heavy atom. The lowest BCUT2D eigenvalue weighted by Gasteiger charge is -2.11. The molecule has 0 aliphatic rings. The Morgan fingerprint density at radius 3 is 0.737 bits per heavy atom. The van der Waals surface area contributed by atoms with Gasteiger partial charge in [0.15, 0.2) is 46.6 Å². The summed E-state index contributed by atoms with van der Waals surface area (Å²) in [4.78, 5) is 54.0. The van der Waals surface area contributed by atoms with E-state index < -0.39 is 0 Å². The maximum absolute atomic E-state index is 6.34. The number of rotatable bonds is 11. The molecule has 0 fully saturated rings. The Labute approximate surface area is 677 Å². The summed E-state index contributed by atoms with van der Waals surface area (Å²) in [5.74, 6) is 4.55. The lowest BCUT2D eigenvalue weighted by molar-refractivity contribution is 1.07. The van der Waals surface area contributed by atoms with Gasteiger partial charge in [-0.2, -0.15) is 39.9 Å². The summed E-state index contributed by atoms with van der Waals surface area (Å²) < 4.78 is 0. The van der Waals surface area contributed by atoms with E-state index in [0.29, 0.717) is 46.6 Å². The molecule has 4 aromatic heterocycles. The lowest BCUT2D eigenvalue weighted by atomic mass is 9.99. The highest BCUT2D eigenvalue weighted by molar-refractivity contribution is 6.29. The van der Waals surface area contributed by atoms with Crippen molar-refractivity contribution in [1.29, 1.82) is 0 Å². The number of aromatic nitrogens is 12. The topological polar surface area (TPSA) is 155 Å². The molecule has 0 aliphatic carbocycles. The first-order valence-corrected chi connectivity index (χ1v) is 38.2. The van der Waals surface area contributed by atoms with Gasteiger partial charge in [-0.1, -0.05) is 364 Å². The molecule has 0 amide bonds. The van der Waals surface area contributed by atoms with Crippen molar-refractivity contribution in [3.63, 3.8) is 0 Å². The van der Waals surface area contributed by atoms with Gasteiger partial charge in [-0.05, 0) is 146 Å². The van der Waals surface area contributed by atoms with E-state index in [1.165, 1.54) is 21.9 Å². The maximum Gasteiger partial charge on any atom is 0.226 e. The molecule has 0 atom stereocenters. The second kappa shape index (κ2) is 33.7. The molecule has 0 saturated heterocycles. The Balaban J connectivity index is 0.000000110. The van der Waals surface area contributed by atoms with Crippen molar-refractivity contribution in [3.05, 3.63) is 397 Å². The van der Waals surface area contributed by atoms with Crippen LogP contribution in [-0.4, -0.2) is 59.8 Å². The van der Waals surface area contributed by atoms with Crippen LogP contribution in [0, 0.1) is 0 Å². The van der Waals surface area contributed by atoms with E-state index in [9.17, 15) is 0 Å². The van der Waals surface area contributed by atoms with Gasteiger partial charge in [0, 0.05) is 44.5 Å². The number of nitrogens with zero attached hydrogens (tertiary/aromatic N) is 12. The maximum atomic E-state index is 6.34. The lowest BCUT2D eigenvalue weighted by Crippen LogP contribution is -1.99. The minimum absolute atomic E-state index is 0.181. The molecule has 0 spiro atoms. The van der Waals surface area contributed by atoms with E-state index in [1.54, 1.807) is 0 Å². The van der Waals surface area contributed by atoms with E-state index in [4.69, 9.17) is 61.4 Å². The Bertz CT molecular complexity index is 6840. The first kappa shape index (κ1) is 72.9. The molecule has 12 nitrogen and oxygen atoms in total. The SMILES string of the molecule is Clc1nc(-c2ccc(-c3ccccc3)cc2)nc(-c2ccc3ccccc3c2)n1.Clc1nc(-c2ccc(-c3ccccc3)cc2)nc(-c2cccc3ccccc23)n1.Clc1nc(-c2ccc3ccccc3c2)nc(-c2cccc3ccccc23)n1.Clc1nc(-c2ccccc2-c2ccccc2)nc(-c2cccc3ccccc23)n1. The summed E-state index contributed by atoms with van der Waals surface area (Å²) >= 11 is 25.1. The number of hydrogen-bond donors (Lipinski definition) is 0. The van der Waals surface area contributed by atoms with Crippen LogP contribution in [0.1, 0.15) is 0 Å². The average molecular weight is 1550 g/mol. The Morgan fingerprint density at radius 2 is 0.360 bits per heavy atom. The van der Waals surface area contributed by atoms with Crippen LogP contribution in [0.4, 0.5) is 0 Å². The van der Waals surface area contributed by atoms with E-state index in [2.05, 4.69) is 215 Å². The monoisotopic (exact) mass is 1550 g/mol. The third-order valence-electron chi connectivity index (χ3n) is 19.3. The van der Waals surface area contributed by atoms with Gasteiger partial charge in [-0.15, -0.1) is 0 Å². The average Bonchev–Trinajstić information content (AvgIpc) is 0.814. The highest BCUT2D eigenvalue weighted by Crippen LogP contribution is 2.37. The predicted molar refractivity (Wildman–Crippen MR) is 467 cm³/mol. The zero-order valence-corrected chi connectivity index (χ0v) is 63.7. The fourth-order valence-corrected chi connectivity index (χ4v) is 14.4. The standard InChI is InChI=1S/3C25H16ClN3.C23H14ClN3/c26-25-28-23(21-15-7-6-14-19(21)17-9-2-1-3-10-17)27-24(29-25)22-16-8-12-18-11-4-5-13-20(18)22;26-25-28-23(20-15-13-18(14-16-20)17-7-2-1-3-8-17)27-24(29-25)22-12-6-10-19-9-4-5-11-21(19)22;26-25-28-23(20-13-10-19(11-14-20)17-6-2-1-3-7-17)27-24(29-25)22-15-12-18-8-4-5-9-21(18)16-22;24-23-26-21(18-13-12-15-6-1-2-8-17(15)14-18)25-22(27-23)20-11-5-9-16-7-3-4-10-19(16)20/h3*1-16H;1-14H. The predicted octanol–water partition coefficient (Wildman–Crippen LogP) is 26.2. The third kappa shape index (κ3) is 16.6. The zero-order valence-electron chi connectivity index (χ0n) is 60.7. The van der Waals surface area contributed by atoms with Crippen LogP contribution >= 0.6 is 46.4 Å². The fraction of sp³-hybridized carbons (Fsp3) is 0. The van der Waals surface area contributed by atoms with Crippen LogP contribution in [0.2, 0.25) is 21.1 Å². The molecule has 16 aromatic carbocycles. The molecule has 20 aromatic rings. The van der Waals surface area contributed by atoms with Crippen LogP contribution < -0.4 is 0 Å². The van der Waals surface area contributed by atoms with Gasteiger partial charge in [-0.3, -0.25) is 0 Å². The van der Waals surface area contributed by atoms with Crippen LogP contribution in [0.25, 0.3) is 178 Å². The van der Waals surface area contributed by atoms with Gasteiger partial charge < -0.3 is 0 Å². The molecular formula is C98H62Cl4N12. The molecule has 0 bridgehead atoms. The first-order chi connectivity index (χ1) is 56.1. The van der Waals surface area contributed by atoms with E-state index in [1.807, 2.05) is 206 Å². The molecule has 20 rings (SSSR count). The minimum atomic E-state index is 0.181. The van der Waals surface area contributed by atoms with E-state index in [0.717, 1.165) is 110 Å². The normalized spacial score (nSPS) is 11.0. The molecule has 0 radical (unpaired) electrons. The van der Waals surface area contributed by atoms with Crippen molar-refractivity contribution in [2.75, 3.05) is 0 Å². The van der Waals surface area contributed by atoms with Crippen LogP contribution in [0.3, 0.4) is 0 Å². The summed E-state index contributed by atoms with van der Waals surface area (Å²) in [7, 11) is 0. The Hall–Kier alpha value is -14.0. The quantitative estimate of drug-likeness (QED) is 0.121. The molecule has 114 heavy (non-hydrogen) atoms.